The molecule has 2 heterocycles. The number of carbonyl (C=O) groups is 2. The second-order valence-corrected chi connectivity index (χ2v) is 12.7. The van der Waals surface area contributed by atoms with E-state index in [4.69, 9.17) is 9.47 Å². The number of carboxylic acids is 1. The van der Waals surface area contributed by atoms with Gasteiger partial charge >= 0.3 is 5.97 Å². The van der Waals surface area contributed by atoms with Gasteiger partial charge < -0.3 is 25.2 Å². The number of likely N-dealkylation sites (tertiary alicyclic amines) is 1. The normalized spacial score (nSPS) is 17.8. The van der Waals surface area contributed by atoms with E-state index in [1.165, 1.54) is 0 Å². The van der Waals surface area contributed by atoms with Crippen molar-refractivity contribution in [3.63, 3.8) is 0 Å². The number of rotatable bonds is 19. The maximum absolute atomic E-state index is 13.1. The number of ether oxygens (including phenoxy) is 2. The fourth-order valence-electron chi connectivity index (χ4n) is 5.20. The molecule has 3 atom stereocenters. The standard InChI is InChI=1S/C30H46N6O7S/c1-5-6-10-31-19-42-20-36-17-25(14-24(36)15-33-27-9-7-8-11-32-27)43-18-28(37)34-16-26(30(38)39)35-44(40,41)29-22(3)12-21(2)13-23(29)4/h7-9,11-13,24-26,31,35H,5-6,10,14-20H2,1-4H3,(H,32,33)(H,34,37)(H,38,39)/t24-,25+,26-/m0/s1. The topological polar surface area (TPSA) is 171 Å². The first-order valence-electron chi connectivity index (χ1n) is 14.9. The molecule has 0 saturated carbocycles. The zero-order chi connectivity index (χ0) is 32.1. The summed E-state index contributed by atoms with van der Waals surface area (Å²) in [5, 5.41) is 18.7. The molecule has 0 aliphatic carbocycles. The predicted molar refractivity (Wildman–Crippen MR) is 167 cm³/mol. The number of aliphatic carboxylic acids is 1. The number of unbranched alkanes of at least 4 members (excludes halogenated alkanes) is 1. The summed E-state index contributed by atoms with van der Waals surface area (Å²) in [4.78, 5) is 31.0. The molecule has 1 aliphatic heterocycles. The summed E-state index contributed by atoms with van der Waals surface area (Å²) in [5.41, 5.74) is 1.91. The number of benzene rings is 1. The van der Waals surface area contributed by atoms with Gasteiger partial charge in [-0.15, -0.1) is 0 Å². The van der Waals surface area contributed by atoms with Crippen LogP contribution in [0.2, 0.25) is 0 Å². The minimum Gasteiger partial charge on any atom is -0.480 e. The largest absolute Gasteiger partial charge is 0.480 e. The molecule has 1 aliphatic rings. The third kappa shape index (κ3) is 11.1. The van der Waals surface area contributed by atoms with Crippen molar-refractivity contribution >= 4 is 27.7 Å². The molecular formula is C30H46N6O7S. The minimum atomic E-state index is -4.15. The van der Waals surface area contributed by atoms with Crippen LogP contribution in [0.4, 0.5) is 5.82 Å². The quantitative estimate of drug-likeness (QED) is 0.113. The van der Waals surface area contributed by atoms with Gasteiger partial charge in [-0.3, -0.25) is 19.8 Å². The van der Waals surface area contributed by atoms with Crippen molar-refractivity contribution in [2.24, 2.45) is 0 Å². The van der Waals surface area contributed by atoms with E-state index in [0.717, 1.165) is 30.8 Å². The van der Waals surface area contributed by atoms with Gasteiger partial charge in [0.15, 0.2) is 0 Å². The molecule has 0 bridgehead atoms. The highest BCUT2D eigenvalue weighted by Gasteiger charge is 2.33. The summed E-state index contributed by atoms with van der Waals surface area (Å²) in [6.07, 6.45) is 4.29. The van der Waals surface area contributed by atoms with Crippen molar-refractivity contribution in [1.29, 1.82) is 0 Å². The zero-order valence-electron chi connectivity index (χ0n) is 26.0. The zero-order valence-corrected chi connectivity index (χ0v) is 26.8. The van der Waals surface area contributed by atoms with Gasteiger partial charge in [-0.05, 0) is 63.4 Å². The molecule has 244 valence electrons. The molecule has 1 aromatic carbocycles. The second kappa shape index (κ2) is 17.4. The molecule has 44 heavy (non-hydrogen) atoms. The Kier molecular flexibility index (Phi) is 14.0. The smallest absolute Gasteiger partial charge is 0.323 e. The van der Waals surface area contributed by atoms with Crippen LogP contribution in [0.3, 0.4) is 0 Å². The Morgan fingerprint density at radius 2 is 1.93 bits per heavy atom. The van der Waals surface area contributed by atoms with Crippen molar-refractivity contribution in [2.45, 2.75) is 70.0 Å². The summed E-state index contributed by atoms with van der Waals surface area (Å²) in [5.74, 6) is -1.19. The SMILES string of the molecule is CCCCNCOCN1C[C@H](OCC(=O)NC[C@H](NS(=O)(=O)c2c(C)cc(C)cc2C)C(=O)O)C[C@H]1CNc1ccccn1. The van der Waals surface area contributed by atoms with E-state index in [9.17, 15) is 23.1 Å². The van der Waals surface area contributed by atoms with E-state index in [1.807, 2.05) is 25.1 Å². The van der Waals surface area contributed by atoms with Gasteiger partial charge in [-0.1, -0.05) is 37.1 Å². The number of sulfonamides is 1. The number of anilines is 1. The lowest BCUT2D eigenvalue weighted by Gasteiger charge is -2.24. The van der Waals surface area contributed by atoms with Gasteiger partial charge in [0.25, 0.3) is 0 Å². The number of nitrogens with zero attached hydrogens (tertiary/aromatic N) is 2. The summed E-state index contributed by atoms with van der Waals surface area (Å²) in [6, 6.07) is 7.59. The van der Waals surface area contributed by atoms with E-state index < -0.39 is 34.5 Å². The first-order chi connectivity index (χ1) is 21.0. The predicted octanol–water partition coefficient (Wildman–Crippen LogP) is 1.75. The minimum absolute atomic E-state index is 0.0302. The highest BCUT2D eigenvalue weighted by atomic mass is 32.2. The van der Waals surface area contributed by atoms with Crippen LogP contribution in [-0.2, 0) is 29.1 Å². The van der Waals surface area contributed by atoms with E-state index in [2.05, 4.69) is 37.5 Å². The van der Waals surface area contributed by atoms with Crippen LogP contribution in [0.5, 0.6) is 0 Å². The average molecular weight is 635 g/mol. The summed E-state index contributed by atoms with van der Waals surface area (Å²) in [6.45, 7) is 9.42. The van der Waals surface area contributed by atoms with E-state index in [-0.39, 0.29) is 23.6 Å². The third-order valence-electron chi connectivity index (χ3n) is 7.26. The Morgan fingerprint density at radius 3 is 2.59 bits per heavy atom. The Hall–Kier alpha value is -3.14. The van der Waals surface area contributed by atoms with Crippen LogP contribution in [0.1, 0.15) is 42.9 Å². The third-order valence-corrected chi connectivity index (χ3v) is 9.04. The highest BCUT2D eigenvalue weighted by molar-refractivity contribution is 7.89. The van der Waals surface area contributed by atoms with Crippen LogP contribution in [-0.4, -0.2) is 99.7 Å². The Morgan fingerprint density at radius 1 is 1.18 bits per heavy atom. The average Bonchev–Trinajstić information content (AvgIpc) is 3.36. The lowest BCUT2D eigenvalue weighted by Crippen LogP contribution is -2.49. The van der Waals surface area contributed by atoms with Gasteiger partial charge in [-0.25, -0.2) is 13.4 Å². The lowest BCUT2D eigenvalue weighted by atomic mass is 10.1. The van der Waals surface area contributed by atoms with Crippen molar-refractivity contribution in [3.05, 3.63) is 53.2 Å². The van der Waals surface area contributed by atoms with E-state index in [0.29, 0.717) is 44.1 Å². The van der Waals surface area contributed by atoms with Gasteiger partial charge in [0.2, 0.25) is 15.9 Å². The Bertz CT molecular complexity index is 1310. The summed E-state index contributed by atoms with van der Waals surface area (Å²) < 4.78 is 40.0. The highest BCUT2D eigenvalue weighted by Crippen LogP contribution is 2.22. The molecular weight excluding hydrogens is 588 g/mol. The molecule has 1 fully saturated rings. The molecule has 1 saturated heterocycles. The van der Waals surface area contributed by atoms with Crippen molar-refractivity contribution in [1.82, 2.24) is 25.2 Å². The summed E-state index contributed by atoms with van der Waals surface area (Å²) >= 11 is 0. The number of hydrogen-bond donors (Lipinski definition) is 5. The van der Waals surface area contributed by atoms with Crippen LogP contribution in [0, 0.1) is 20.8 Å². The fraction of sp³-hybridized carbons (Fsp3) is 0.567. The molecule has 0 spiro atoms. The number of hydrogen-bond acceptors (Lipinski definition) is 10. The number of carboxylic acid groups (broad SMARTS) is 1. The molecule has 0 unspecified atom stereocenters. The van der Waals surface area contributed by atoms with Crippen molar-refractivity contribution in [3.8, 4) is 0 Å². The number of aromatic nitrogens is 1. The molecule has 3 rings (SSSR count). The van der Waals surface area contributed by atoms with Gasteiger partial charge in [0, 0.05) is 31.9 Å². The number of pyridine rings is 1. The molecule has 0 radical (unpaired) electrons. The van der Waals surface area contributed by atoms with Crippen LogP contribution in [0.25, 0.3) is 0 Å². The molecule has 2 aromatic rings. The molecule has 13 nitrogen and oxygen atoms in total. The fourth-order valence-corrected chi connectivity index (χ4v) is 6.85. The van der Waals surface area contributed by atoms with Crippen LogP contribution >= 0.6 is 0 Å². The van der Waals surface area contributed by atoms with Crippen LogP contribution < -0.4 is 20.7 Å². The lowest BCUT2D eigenvalue weighted by molar-refractivity contribution is -0.139. The monoisotopic (exact) mass is 634 g/mol. The first kappa shape index (κ1) is 35.3. The summed E-state index contributed by atoms with van der Waals surface area (Å²) in [7, 11) is -4.15. The van der Waals surface area contributed by atoms with E-state index in [1.54, 1.807) is 32.2 Å². The van der Waals surface area contributed by atoms with Crippen molar-refractivity contribution < 1.29 is 32.6 Å². The van der Waals surface area contributed by atoms with Gasteiger partial charge in [0.1, 0.15) is 25.2 Å². The molecule has 1 amide bonds. The number of amides is 1. The van der Waals surface area contributed by atoms with E-state index >= 15 is 0 Å². The van der Waals surface area contributed by atoms with Crippen LogP contribution in [0.15, 0.2) is 41.4 Å². The Balaban J connectivity index is 1.51. The molecule has 1 aromatic heterocycles. The second-order valence-electron chi connectivity index (χ2n) is 11.1. The molecule has 14 heteroatoms. The van der Waals surface area contributed by atoms with Crippen molar-refractivity contribution in [2.75, 3.05) is 51.6 Å². The maximum Gasteiger partial charge on any atom is 0.323 e. The number of carbonyl (C=O) groups excluding carboxylic acids is 1. The first-order valence-corrected chi connectivity index (χ1v) is 16.4. The number of aryl methyl sites for hydroxylation is 3. The Labute approximate surface area is 260 Å². The number of nitrogens with one attached hydrogen (secondary N) is 4. The van der Waals surface area contributed by atoms with Gasteiger partial charge in [0.05, 0.1) is 17.7 Å². The molecule has 5 N–H and O–H groups in total. The van der Waals surface area contributed by atoms with Gasteiger partial charge in [-0.2, -0.15) is 4.72 Å². The maximum atomic E-state index is 13.1.